The van der Waals surface area contributed by atoms with E-state index in [1.165, 1.54) is 51.4 Å². The average molecular weight is 1050 g/mol. The first kappa shape index (κ1) is 60.7. The minimum Gasteiger partial charge on any atom is -0.381 e. The van der Waals surface area contributed by atoms with Crippen LogP contribution in [0.5, 0.6) is 0 Å². The molecule has 8 rings (SSSR count). The molecule has 10 heteroatoms. The van der Waals surface area contributed by atoms with Crippen molar-refractivity contribution in [3.63, 3.8) is 0 Å². The predicted molar refractivity (Wildman–Crippen MR) is 301 cm³/mol. The third-order valence-electron chi connectivity index (χ3n) is 23.5. The van der Waals surface area contributed by atoms with E-state index in [-0.39, 0.29) is 40.7 Å². The van der Waals surface area contributed by atoms with Crippen molar-refractivity contribution < 1.29 is 33.2 Å². The first-order chi connectivity index (χ1) is 36.4. The Kier molecular flexibility index (Phi) is 23.1. The van der Waals surface area contributed by atoms with Crippen molar-refractivity contribution in [3.05, 3.63) is 20.8 Å². The maximum absolute atomic E-state index is 7.13. The molecule has 8 aliphatic rings. The lowest BCUT2D eigenvalue weighted by molar-refractivity contribution is -0.227. The monoisotopic (exact) mass is 1050 g/mol. The average Bonchev–Trinajstić information content (AvgIpc) is 4.08. The second kappa shape index (κ2) is 28.5. The number of ether oxygens (including phenoxy) is 7. The Bertz CT molecular complexity index is 1660. The van der Waals surface area contributed by atoms with Crippen LogP contribution in [0.4, 0.5) is 0 Å². The van der Waals surface area contributed by atoms with Crippen molar-refractivity contribution in [2.24, 2.45) is 110 Å². The molecule has 8 aliphatic carbocycles. The number of hydrogen-bond acceptors (Lipinski definition) is 10. The second-order valence-corrected chi connectivity index (χ2v) is 27.1. The van der Waals surface area contributed by atoms with Crippen molar-refractivity contribution in [3.8, 4) is 0 Å². The zero-order chi connectivity index (χ0) is 53.2. The van der Waals surface area contributed by atoms with Gasteiger partial charge in [-0.2, -0.15) is 0 Å². The van der Waals surface area contributed by atoms with Crippen LogP contribution < -0.4 is 17.2 Å². The summed E-state index contributed by atoms with van der Waals surface area (Å²) < 4.78 is 47.2. The quantitative estimate of drug-likeness (QED) is 0.0574. The van der Waals surface area contributed by atoms with Crippen molar-refractivity contribution in [1.82, 2.24) is 0 Å². The maximum atomic E-state index is 7.13. The van der Waals surface area contributed by atoms with E-state index in [0.717, 1.165) is 117 Å². The predicted octanol–water partition coefficient (Wildman–Crippen LogP) is 11.9. The van der Waals surface area contributed by atoms with E-state index in [0.29, 0.717) is 148 Å². The highest BCUT2D eigenvalue weighted by atomic mass is 16.5. The smallest absolute Gasteiger partial charge is 0.0637 e. The number of fused-ring (bicyclic) bond motifs is 10. The van der Waals surface area contributed by atoms with Gasteiger partial charge in [-0.1, -0.05) is 34.6 Å². The summed E-state index contributed by atoms with van der Waals surface area (Å²) >= 11 is 0. The molecule has 10 nitrogen and oxygen atoms in total. The van der Waals surface area contributed by atoms with Gasteiger partial charge in [0.1, 0.15) is 0 Å². The van der Waals surface area contributed by atoms with Gasteiger partial charge in [0.2, 0.25) is 0 Å². The standard InChI is InChI=1S/C65H113N3O7/c1-9-30-70-48-23-25-63(6)46(38-48)40-56(74-36-15-28-67)61-51-20-19-50(60(51)58(42-54(61)63)73-32-11-3)44(4)17-12-33-69-34-13-18-45(5)52-21-22-53-62-55(43-59(65(52,53)8)75-37-16-29-68)64(7)26-24-49(71-35-14-27-66)39-47(64)41-57(62)72-31-10-2/h1-3,44-62H,9-43,66-68H2,4-8H3/t44-,45-,46+,47+,48-,49-,50-,51-,52-,53+,54+,55+,56+,57-,58+,59+,60-,61+,62+,63+,64+,65-/m1/s1. The highest BCUT2D eigenvalue weighted by molar-refractivity contribution is 5.16. The van der Waals surface area contributed by atoms with Crippen LogP contribution in [0.25, 0.3) is 0 Å². The van der Waals surface area contributed by atoms with Gasteiger partial charge >= 0.3 is 0 Å². The Balaban J connectivity index is 0.855. The topological polar surface area (TPSA) is 143 Å². The molecule has 0 heterocycles. The van der Waals surface area contributed by atoms with Crippen LogP contribution in [0, 0.1) is 114 Å². The van der Waals surface area contributed by atoms with Crippen molar-refractivity contribution in [2.75, 3.05) is 72.5 Å². The van der Waals surface area contributed by atoms with Crippen LogP contribution in [0.1, 0.15) is 189 Å². The molecular weight excluding hydrogens is 935 g/mol. The van der Waals surface area contributed by atoms with E-state index in [1.807, 2.05) is 0 Å². The fourth-order valence-electron chi connectivity index (χ4n) is 19.8. The third kappa shape index (κ3) is 13.3. The molecule has 0 spiro atoms. The summed E-state index contributed by atoms with van der Waals surface area (Å²) in [5.74, 6) is 7.74. The molecular formula is C65H113N3O7. The van der Waals surface area contributed by atoms with E-state index in [2.05, 4.69) is 34.6 Å². The summed E-state index contributed by atoms with van der Waals surface area (Å²) in [6.45, 7) is 39.2. The normalized spacial score (nSPS) is 43.0. The molecule has 0 bridgehead atoms. The Hall–Kier alpha value is -0.400. The zero-order valence-electron chi connectivity index (χ0n) is 48.5. The molecule has 430 valence electrons. The molecule has 8 fully saturated rings. The fraction of sp³-hybridized carbons (Fsp3) is 0.954. The summed E-state index contributed by atoms with van der Waals surface area (Å²) in [7, 11) is 0. The molecule has 6 radical (unpaired) electrons. The Morgan fingerprint density at radius 2 is 0.973 bits per heavy atom. The van der Waals surface area contributed by atoms with Crippen molar-refractivity contribution in [2.45, 2.75) is 225 Å². The largest absolute Gasteiger partial charge is 0.381 e. The van der Waals surface area contributed by atoms with E-state index < -0.39 is 0 Å². The van der Waals surface area contributed by atoms with Crippen LogP contribution >= 0.6 is 0 Å². The molecule has 0 aromatic carbocycles. The highest BCUT2D eigenvalue weighted by Crippen LogP contribution is 2.70. The second-order valence-electron chi connectivity index (χ2n) is 27.1. The molecule has 75 heavy (non-hydrogen) atoms. The minimum atomic E-state index is 0.101. The minimum absolute atomic E-state index is 0.101. The van der Waals surface area contributed by atoms with E-state index in [1.54, 1.807) is 0 Å². The van der Waals surface area contributed by atoms with Gasteiger partial charge in [0.25, 0.3) is 0 Å². The molecule has 0 saturated heterocycles. The molecule has 0 aromatic rings. The lowest BCUT2D eigenvalue weighted by Gasteiger charge is -2.65. The molecule has 22 atom stereocenters. The van der Waals surface area contributed by atoms with Crippen molar-refractivity contribution in [1.29, 1.82) is 0 Å². The van der Waals surface area contributed by atoms with Crippen LogP contribution in [0.2, 0.25) is 0 Å². The Labute approximate surface area is 460 Å². The molecule has 8 saturated carbocycles. The summed E-state index contributed by atoms with van der Waals surface area (Å²) in [5, 5.41) is 0. The molecule has 0 amide bonds. The van der Waals surface area contributed by atoms with E-state index in [9.17, 15) is 0 Å². The fourth-order valence-corrected chi connectivity index (χ4v) is 19.8. The van der Waals surface area contributed by atoms with Gasteiger partial charge in [0.05, 0.1) is 36.6 Å². The highest BCUT2D eigenvalue weighted by Gasteiger charge is 2.67. The number of hydrogen-bond donors (Lipinski definition) is 3. The van der Waals surface area contributed by atoms with Gasteiger partial charge in [0.15, 0.2) is 0 Å². The van der Waals surface area contributed by atoms with Crippen LogP contribution in [-0.4, -0.2) is 109 Å². The molecule has 0 unspecified atom stereocenters. The lowest BCUT2D eigenvalue weighted by atomic mass is 9.43. The zero-order valence-corrected chi connectivity index (χ0v) is 48.5. The first-order valence-corrected chi connectivity index (χ1v) is 31.9. The molecule has 6 N–H and O–H groups in total. The van der Waals surface area contributed by atoms with Gasteiger partial charge in [-0.15, -0.1) is 0 Å². The Morgan fingerprint density at radius 3 is 1.57 bits per heavy atom. The van der Waals surface area contributed by atoms with Gasteiger partial charge in [-0.05, 0) is 282 Å². The molecule has 0 aromatic heterocycles. The summed E-state index contributed by atoms with van der Waals surface area (Å²) in [4.78, 5) is 0. The maximum Gasteiger partial charge on any atom is 0.0637 e. The molecule has 0 aliphatic heterocycles. The summed E-state index contributed by atoms with van der Waals surface area (Å²) in [5.41, 5.74) is 18.6. The SMILES string of the molecule is [CH]CCO[C@@H]1CC[C@@]2(C)[C@@H](C1)C[C@H](OCCCN)[C@H]1[C@@H]3CC[C@H]([C@H](C)CCCOCCC[C@@H](C)[C@H]4CC[C@H]5[C@@H]6[C@H](OCC[CH])C[C@@H]7C[C@H](OCCCN)CC[C@]7(C)[C@H]6C[C@H](OCCCN)[C@]45C)[C@H]3[C@@H](OCC[CH])C[C@@H]12. The van der Waals surface area contributed by atoms with Gasteiger partial charge < -0.3 is 50.4 Å². The van der Waals surface area contributed by atoms with Gasteiger partial charge in [-0.25, -0.2) is 0 Å². The van der Waals surface area contributed by atoms with Gasteiger partial charge in [-0.3, -0.25) is 0 Å². The van der Waals surface area contributed by atoms with E-state index >= 15 is 0 Å². The van der Waals surface area contributed by atoms with E-state index in [4.69, 9.17) is 71.1 Å². The third-order valence-corrected chi connectivity index (χ3v) is 23.5. The van der Waals surface area contributed by atoms with Crippen molar-refractivity contribution >= 4 is 0 Å². The Morgan fingerprint density at radius 1 is 0.467 bits per heavy atom. The summed E-state index contributed by atoms with van der Waals surface area (Å²) in [6, 6.07) is 0. The van der Waals surface area contributed by atoms with Crippen LogP contribution in [0.15, 0.2) is 0 Å². The first-order valence-electron chi connectivity index (χ1n) is 31.9. The number of nitrogens with two attached hydrogens (primary N) is 3. The van der Waals surface area contributed by atoms with Crippen LogP contribution in [-0.2, 0) is 33.2 Å². The number of rotatable bonds is 31. The van der Waals surface area contributed by atoms with Crippen LogP contribution in [0.3, 0.4) is 0 Å². The van der Waals surface area contributed by atoms with Gasteiger partial charge in [0, 0.05) is 58.3 Å². The lowest BCUT2D eigenvalue weighted by Crippen LogP contribution is -2.63. The summed E-state index contributed by atoms with van der Waals surface area (Å²) in [6.07, 6.45) is 27.4.